The fourth-order valence-electron chi connectivity index (χ4n) is 3.80. The van der Waals surface area contributed by atoms with Crippen molar-refractivity contribution in [2.45, 2.75) is 83.3 Å². The number of nitrogens with zero attached hydrogens (tertiary/aromatic N) is 3. The van der Waals surface area contributed by atoms with Gasteiger partial charge < -0.3 is 36.1 Å². The minimum atomic E-state index is -1.44. The van der Waals surface area contributed by atoms with Gasteiger partial charge in [-0.05, 0) is 19.8 Å². The maximum atomic E-state index is 14.9. The van der Waals surface area contributed by atoms with Crippen molar-refractivity contribution in [3.63, 3.8) is 0 Å². The van der Waals surface area contributed by atoms with Gasteiger partial charge in [-0.2, -0.15) is 4.98 Å². The van der Waals surface area contributed by atoms with Crippen LogP contribution in [0.1, 0.15) is 65.0 Å². The van der Waals surface area contributed by atoms with Crippen molar-refractivity contribution in [2.24, 2.45) is 22.2 Å². The Morgan fingerprint density at radius 1 is 1.12 bits per heavy atom. The highest BCUT2D eigenvalue weighted by Gasteiger charge is 2.49. The van der Waals surface area contributed by atoms with Gasteiger partial charge in [0, 0.05) is 12.8 Å². The molecule has 1 aliphatic rings. The van der Waals surface area contributed by atoms with Crippen molar-refractivity contribution < 1.29 is 37.7 Å². The van der Waals surface area contributed by atoms with Gasteiger partial charge in [0.1, 0.15) is 0 Å². The molecule has 0 saturated carbocycles. The molecule has 0 radical (unpaired) electrons. The predicted octanol–water partition coefficient (Wildman–Crippen LogP) is 0.632. The van der Waals surface area contributed by atoms with Crippen molar-refractivity contribution in [1.29, 1.82) is 5.41 Å². The zero-order valence-corrected chi connectivity index (χ0v) is 23.0. The molecule has 2 rings (SSSR count). The van der Waals surface area contributed by atoms with Crippen LogP contribution >= 0.6 is 0 Å². The predicted molar refractivity (Wildman–Crippen MR) is 143 cm³/mol. The maximum Gasteiger partial charge on any atom is 0.412 e. The molecule has 0 aliphatic carbocycles. The van der Waals surface area contributed by atoms with Gasteiger partial charge in [-0.25, -0.2) is 14.0 Å². The van der Waals surface area contributed by atoms with Crippen molar-refractivity contribution in [3.05, 3.63) is 22.5 Å². The van der Waals surface area contributed by atoms with Crippen LogP contribution in [0.15, 0.2) is 16.0 Å². The Kier molecular flexibility index (Phi) is 12.9. The first-order valence-electron chi connectivity index (χ1n) is 13.1. The molecule has 228 valence electrons. The molecule has 1 saturated heterocycles. The van der Waals surface area contributed by atoms with Gasteiger partial charge in [0.05, 0.1) is 37.7 Å². The minimum Gasteiger partial charge on any atom is -0.455 e. The van der Waals surface area contributed by atoms with Gasteiger partial charge in [0.2, 0.25) is 0 Å². The van der Waals surface area contributed by atoms with Crippen LogP contribution in [0.4, 0.5) is 15.0 Å². The largest absolute Gasteiger partial charge is 0.455 e. The number of anilines is 1. The highest BCUT2D eigenvalue weighted by molar-refractivity contribution is 5.83. The summed E-state index contributed by atoms with van der Waals surface area (Å²) in [5, 5.41) is 9.37. The Labute approximate surface area is 235 Å². The van der Waals surface area contributed by atoms with E-state index >= 15 is 0 Å². The number of hydrogen-bond donors (Lipinski definition) is 5. The fourth-order valence-corrected chi connectivity index (χ4v) is 3.80. The number of guanidine groups is 1. The third kappa shape index (κ3) is 10.7. The number of ether oxygens (including phenoxy) is 4. The number of carbonyl (C=O) groups excluding carboxylic acids is 3. The molecule has 17 heteroatoms. The molecule has 2 heterocycles. The number of amidine groups is 1. The van der Waals surface area contributed by atoms with Crippen LogP contribution in [-0.4, -0.2) is 70.8 Å². The summed E-state index contributed by atoms with van der Waals surface area (Å²) >= 11 is 0. The van der Waals surface area contributed by atoms with E-state index in [1.165, 1.54) is 6.92 Å². The number of aromatic nitrogens is 2. The average Bonchev–Trinajstić information content (AvgIpc) is 3.17. The van der Waals surface area contributed by atoms with Crippen molar-refractivity contribution in [3.8, 4) is 0 Å². The van der Waals surface area contributed by atoms with Crippen LogP contribution in [0.2, 0.25) is 0 Å². The molecule has 1 aliphatic heterocycles. The number of carbonyl (C=O) groups is 3. The van der Waals surface area contributed by atoms with E-state index in [1.807, 2.05) is 6.92 Å². The first kappa shape index (κ1) is 32.9. The third-order valence-corrected chi connectivity index (χ3v) is 5.78. The summed E-state index contributed by atoms with van der Waals surface area (Å²) in [5.41, 5.74) is 14.8. The van der Waals surface area contributed by atoms with E-state index in [0.29, 0.717) is 6.42 Å². The van der Waals surface area contributed by atoms with E-state index in [0.717, 1.165) is 23.6 Å². The van der Waals surface area contributed by atoms with Crippen LogP contribution in [0.3, 0.4) is 0 Å². The Morgan fingerprint density at radius 3 is 2.46 bits per heavy atom. The summed E-state index contributed by atoms with van der Waals surface area (Å²) in [6, 6.07) is 0. The van der Waals surface area contributed by atoms with E-state index in [9.17, 15) is 23.6 Å². The second kappa shape index (κ2) is 16.1. The molecule has 1 aromatic heterocycles. The summed E-state index contributed by atoms with van der Waals surface area (Å²) in [7, 11) is 0. The monoisotopic (exact) mass is 584 g/mol. The molecule has 1 amide bonds. The summed E-state index contributed by atoms with van der Waals surface area (Å²) in [6.07, 6.45) is -2.85. The molecule has 1 aromatic rings. The Bertz CT molecular complexity index is 1170. The lowest BCUT2D eigenvalue weighted by Crippen LogP contribution is -2.41. The average molecular weight is 585 g/mol. The molecular formula is C24H37FN8O8. The van der Waals surface area contributed by atoms with Gasteiger partial charge in [-0.15, -0.1) is 0 Å². The number of halogens is 1. The molecular weight excluding hydrogens is 547 g/mol. The molecule has 0 bridgehead atoms. The van der Waals surface area contributed by atoms with Gasteiger partial charge in [-0.1, -0.05) is 19.8 Å². The molecule has 0 aromatic carbocycles. The molecule has 0 unspecified atom stereocenters. The van der Waals surface area contributed by atoms with Crippen LogP contribution in [-0.2, 0) is 28.5 Å². The molecule has 16 nitrogen and oxygen atoms in total. The Morgan fingerprint density at radius 2 is 1.80 bits per heavy atom. The highest BCUT2D eigenvalue weighted by atomic mass is 19.1. The lowest BCUT2D eigenvalue weighted by atomic mass is 10.1. The molecule has 8 N–H and O–H groups in total. The first-order chi connectivity index (χ1) is 19.4. The second-order valence-electron chi connectivity index (χ2n) is 9.17. The molecule has 4 atom stereocenters. The number of aliphatic imine (C=N–C) groups is 1. The first-order valence-corrected chi connectivity index (χ1v) is 13.1. The Balaban J connectivity index is 2.26. The standard InChI is InChI=1S/C24H37FN8O8/c1-3-4-5-11-38-24(37)32-20-14(25)12-33(23(36)31-20)21-19(41-16(34)8-6-7-15(26)27)18(13(2)39-21)40-17(35)9-10-30-22(28)29/h12-13,18-19,21H,3-11H2,1-2H3,(H3,26,27)(H4,28,29,30)(H,31,32,36,37)/t13-,18-,19-,21-/m1/s1. The number of rotatable bonds is 15. The van der Waals surface area contributed by atoms with E-state index in [1.54, 1.807) is 0 Å². The van der Waals surface area contributed by atoms with Crippen LogP contribution in [0, 0.1) is 11.2 Å². The lowest BCUT2D eigenvalue weighted by molar-refractivity contribution is -0.168. The summed E-state index contributed by atoms with van der Waals surface area (Å²) in [4.78, 5) is 57.1. The number of nitrogens with one attached hydrogen (secondary N) is 2. The second-order valence-corrected chi connectivity index (χ2v) is 9.17. The normalized spacial score (nSPS) is 19.7. The number of nitrogens with two attached hydrogens (primary N) is 3. The summed E-state index contributed by atoms with van der Waals surface area (Å²) in [5.74, 6) is -3.61. The lowest BCUT2D eigenvalue weighted by Gasteiger charge is -2.24. The van der Waals surface area contributed by atoms with E-state index in [2.05, 4.69) is 15.3 Å². The fraction of sp³-hybridized carbons (Fsp3) is 0.625. The maximum absolute atomic E-state index is 14.9. The van der Waals surface area contributed by atoms with Crippen molar-refractivity contribution >= 4 is 35.6 Å². The van der Waals surface area contributed by atoms with E-state index in [-0.39, 0.29) is 50.6 Å². The molecule has 41 heavy (non-hydrogen) atoms. The minimum absolute atomic E-state index is 0.0633. The van der Waals surface area contributed by atoms with Gasteiger partial charge in [0.25, 0.3) is 0 Å². The van der Waals surface area contributed by atoms with Gasteiger partial charge >= 0.3 is 23.7 Å². The summed E-state index contributed by atoms with van der Waals surface area (Å²) in [6.45, 7) is 3.53. The van der Waals surface area contributed by atoms with E-state index in [4.69, 9.17) is 41.6 Å². The summed E-state index contributed by atoms with van der Waals surface area (Å²) < 4.78 is 37.3. The number of unbranched alkanes of at least 4 members (excludes halogenated alkanes) is 2. The topological polar surface area (TPSA) is 249 Å². The number of esters is 2. The smallest absolute Gasteiger partial charge is 0.412 e. The Hall–Kier alpha value is -4.28. The zero-order valence-electron chi connectivity index (χ0n) is 23.0. The SMILES string of the molecule is CCCCCOC(=O)Nc1nc(=O)n([C@@H]2O[C@H](C)[C@@H](OC(=O)CCN=C(N)N)[C@H]2OC(=O)CCCC(=N)N)cc1F. The van der Waals surface area contributed by atoms with Crippen LogP contribution < -0.4 is 28.2 Å². The van der Waals surface area contributed by atoms with Crippen molar-refractivity contribution in [1.82, 2.24) is 9.55 Å². The number of amides is 1. The van der Waals surface area contributed by atoms with Crippen molar-refractivity contribution in [2.75, 3.05) is 18.5 Å². The third-order valence-electron chi connectivity index (χ3n) is 5.78. The van der Waals surface area contributed by atoms with Crippen LogP contribution in [0.5, 0.6) is 0 Å². The van der Waals surface area contributed by atoms with Gasteiger partial charge in [0.15, 0.2) is 36.0 Å². The molecule has 1 fully saturated rings. The van der Waals surface area contributed by atoms with E-state index < -0.39 is 59.9 Å². The number of hydrogen-bond acceptors (Lipinski definition) is 11. The van der Waals surface area contributed by atoms with Gasteiger partial charge in [-0.3, -0.25) is 29.9 Å². The zero-order chi connectivity index (χ0) is 30.5. The van der Waals surface area contributed by atoms with Crippen LogP contribution in [0.25, 0.3) is 0 Å². The molecule has 0 spiro atoms. The highest BCUT2D eigenvalue weighted by Crippen LogP contribution is 2.34. The quantitative estimate of drug-likeness (QED) is 0.0626.